The molecule has 0 bridgehead atoms. The van der Waals surface area contributed by atoms with E-state index in [0.717, 1.165) is 11.4 Å². The zero-order valence-corrected chi connectivity index (χ0v) is 13.3. The number of anilines is 1. The average molecular weight is 294 g/mol. The lowest BCUT2D eigenvalue weighted by molar-refractivity contribution is 0.147. The van der Waals surface area contributed by atoms with Gasteiger partial charge >= 0.3 is 6.03 Å². The van der Waals surface area contributed by atoms with E-state index in [-0.39, 0.29) is 12.6 Å². The molecular weight excluding hydrogens is 268 g/mol. The third-order valence-corrected chi connectivity index (χ3v) is 2.96. The largest absolute Gasteiger partial charge is 0.391 e. The van der Waals surface area contributed by atoms with E-state index in [9.17, 15) is 9.90 Å². The van der Waals surface area contributed by atoms with Gasteiger partial charge in [0.05, 0.1) is 6.10 Å². The maximum Gasteiger partial charge on any atom is 0.315 e. The number of nitrogens with one attached hydrogen (secondary N) is 2. The summed E-state index contributed by atoms with van der Waals surface area (Å²) in [5.41, 5.74) is 0.978. The van der Waals surface area contributed by atoms with E-state index in [1.807, 2.05) is 45.0 Å². The highest BCUT2D eigenvalue weighted by molar-refractivity contribution is 5.73. The van der Waals surface area contributed by atoms with Crippen LogP contribution in [0.4, 0.5) is 10.6 Å². The van der Waals surface area contributed by atoms with E-state index in [2.05, 4.69) is 15.6 Å². The summed E-state index contributed by atoms with van der Waals surface area (Å²) in [6.07, 6.45) is 1.89. The van der Waals surface area contributed by atoms with E-state index in [4.69, 9.17) is 0 Å². The Morgan fingerprint density at radius 3 is 2.71 bits per heavy atom. The summed E-state index contributed by atoms with van der Waals surface area (Å²) in [5, 5.41) is 15.1. The molecule has 1 heterocycles. The van der Waals surface area contributed by atoms with Gasteiger partial charge in [0.1, 0.15) is 5.82 Å². The maximum absolute atomic E-state index is 11.7. The predicted molar refractivity (Wildman–Crippen MR) is 84.3 cm³/mol. The summed E-state index contributed by atoms with van der Waals surface area (Å²) in [7, 11) is 3.84. The Hall–Kier alpha value is -1.82. The van der Waals surface area contributed by atoms with E-state index in [1.165, 1.54) is 0 Å². The number of rotatable bonds is 7. The minimum Gasteiger partial charge on any atom is -0.391 e. The molecule has 0 aromatic carbocycles. The van der Waals surface area contributed by atoms with Crippen molar-refractivity contribution in [2.75, 3.05) is 25.5 Å². The van der Waals surface area contributed by atoms with Gasteiger partial charge in [-0.05, 0) is 30.0 Å². The molecule has 6 heteroatoms. The minimum atomic E-state index is -0.503. The zero-order valence-electron chi connectivity index (χ0n) is 13.3. The molecule has 0 aliphatic rings. The highest BCUT2D eigenvalue weighted by Crippen LogP contribution is 2.09. The van der Waals surface area contributed by atoms with E-state index < -0.39 is 6.10 Å². The highest BCUT2D eigenvalue weighted by atomic mass is 16.3. The molecule has 1 aromatic rings. The van der Waals surface area contributed by atoms with Crippen LogP contribution in [0.5, 0.6) is 0 Å². The average Bonchev–Trinajstić information content (AvgIpc) is 2.42. The summed E-state index contributed by atoms with van der Waals surface area (Å²) < 4.78 is 0. The van der Waals surface area contributed by atoms with Crippen molar-refractivity contribution in [3.63, 3.8) is 0 Å². The van der Waals surface area contributed by atoms with Crippen molar-refractivity contribution >= 4 is 11.8 Å². The Balaban J connectivity index is 2.34. The number of amides is 2. The topological polar surface area (TPSA) is 77.5 Å². The van der Waals surface area contributed by atoms with Crippen LogP contribution >= 0.6 is 0 Å². The quantitative estimate of drug-likeness (QED) is 0.709. The number of aliphatic hydroxyl groups excluding tert-OH is 1. The summed E-state index contributed by atoms with van der Waals surface area (Å²) in [6.45, 7) is 4.77. The monoisotopic (exact) mass is 294 g/mol. The SMILES string of the molecule is CC(C)CC(O)CNC(=O)NCc1ccnc(N(C)C)c1. The molecule has 118 valence electrons. The number of pyridine rings is 1. The molecule has 1 unspecified atom stereocenters. The molecule has 0 saturated carbocycles. The summed E-state index contributed by atoms with van der Waals surface area (Å²) >= 11 is 0. The molecule has 0 radical (unpaired) electrons. The molecule has 1 atom stereocenters. The fourth-order valence-corrected chi connectivity index (χ4v) is 1.90. The van der Waals surface area contributed by atoms with Crippen molar-refractivity contribution in [2.24, 2.45) is 5.92 Å². The van der Waals surface area contributed by atoms with Gasteiger partial charge in [0, 0.05) is 33.4 Å². The second-order valence-corrected chi connectivity index (χ2v) is 5.76. The summed E-state index contributed by atoms with van der Waals surface area (Å²) in [4.78, 5) is 17.8. The molecule has 0 aliphatic carbocycles. The van der Waals surface area contributed by atoms with Gasteiger partial charge in [-0.1, -0.05) is 13.8 Å². The first-order chi connectivity index (χ1) is 9.88. The Bertz CT molecular complexity index is 449. The predicted octanol–water partition coefficient (Wildman–Crippen LogP) is 1.35. The Morgan fingerprint density at radius 1 is 1.38 bits per heavy atom. The maximum atomic E-state index is 11.7. The molecule has 2 amide bonds. The van der Waals surface area contributed by atoms with Crippen molar-refractivity contribution in [1.82, 2.24) is 15.6 Å². The first-order valence-corrected chi connectivity index (χ1v) is 7.20. The third kappa shape index (κ3) is 6.94. The highest BCUT2D eigenvalue weighted by Gasteiger charge is 2.09. The van der Waals surface area contributed by atoms with Gasteiger partial charge < -0.3 is 20.6 Å². The molecule has 0 fully saturated rings. The first-order valence-electron chi connectivity index (χ1n) is 7.20. The number of hydrogen-bond acceptors (Lipinski definition) is 4. The van der Waals surface area contributed by atoms with Crippen LogP contribution in [0.3, 0.4) is 0 Å². The Morgan fingerprint density at radius 2 is 2.10 bits per heavy atom. The van der Waals surface area contributed by atoms with Crippen LogP contribution in [0.1, 0.15) is 25.8 Å². The van der Waals surface area contributed by atoms with Gasteiger partial charge in [0.25, 0.3) is 0 Å². The minimum absolute atomic E-state index is 0.267. The van der Waals surface area contributed by atoms with Crippen LogP contribution in [-0.2, 0) is 6.54 Å². The molecule has 0 aliphatic heterocycles. The van der Waals surface area contributed by atoms with Crippen molar-refractivity contribution in [3.8, 4) is 0 Å². The second kappa shape index (κ2) is 8.46. The molecule has 3 N–H and O–H groups in total. The van der Waals surface area contributed by atoms with E-state index in [0.29, 0.717) is 18.9 Å². The number of urea groups is 1. The van der Waals surface area contributed by atoms with Crippen molar-refractivity contribution in [2.45, 2.75) is 32.9 Å². The molecule has 1 rings (SSSR count). The van der Waals surface area contributed by atoms with Crippen LogP contribution < -0.4 is 15.5 Å². The van der Waals surface area contributed by atoms with E-state index >= 15 is 0 Å². The molecular formula is C15H26N4O2. The van der Waals surface area contributed by atoms with Gasteiger partial charge in [0.15, 0.2) is 0 Å². The first kappa shape index (κ1) is 17.2. The Labute approximate surface area is 126 Å². The summed E-state index contributed by atoms with van der Waals surface area (Å²) in [6, 6.07) is 3.51. The van der Waals surface area contributed by atoms with Crippen LogP contribution in [0.15, 0.2) is 18.3 Å². The molecule has 21 heavy (non-hydrogen) atoms. The lowest BCUT2D eigenvalue weighted by Gasteiger charge is -2.15. The number of carbonyl (C=O) groups is 1. The van der Waals surface area contributed by atoms with E-state index in [1.54, 1.807) is 6.20 Å². The number of hydrogen-bond donors (Lipinski definition) is 3. The normalized spacial score (nSPS) is 12.1. The third-order valence-electron chi connectivity index (χ3n) is 2.96. The Kier molecular flexibility index (Phi) is 6.94. The number of aliphatic hydroxyl groups is 1. The van der Waals surface area contributed by atoms with Crippen LogP contribution in [-0.4, -0.2) is 42.9 Å². The standard InChI is InChI=1S/C15H26N4O2/c1-11(2)7-13(20)10-18-15(21)17-9-12-5-6-16-14(8-12)19(3)4/h5-6,8,11,13,20H,7,9-10H2,1-4H3,(H2,17,18,21). The van der Waals surface area contributed by atoms with Crippen molar-refractivity contribution in [3.05, 3.63) is 23.9 Å². The van der Waals surface area contributed by atoms with Gasteiger partial charge in [-0.3, -0.25) is 0 Å². The number of carbonyl (C=O) groups excluding carboxylic acids is 1. The molecule has 0 spiro atoms. The van der Waals surface area contributed by atoms with Gasteiger partial charge in [-0.25, -0.2) is 9.78 Å². The second-order valence-electron chi connectivity index (χ2n) is 5.76. The molecule has 0 saturated heterocycles. The smallest absolute Gasteiger partial charge is 0.315 e. The van der Waals surface area contributed by atoms with Crippen LogP contribution in [0.2, 0.25) is 0 Å². The number of aromatic nitrogens is 1. The lowest BCUT2D eigenvalue weighted by atomic mass is 10.1. The van der Waals surface area contributed by atoms with Crippen LogP contribution in [0.25, 0.3) is 0 Å². The van der Waals surface area contributed by atoms with Crippen LogP contribution in [0, 0.1) is 5.92 Å². The van der Waals surface area contributed by atoms with Gasteiger partial charge in [0.2, 0.25) is 0 Å². The number of nitrogens with zero attached hydrogens (tertiary/aromatic N) is 2. The molecule has 1 aromatic heterocycles. The fourth-order valence-electron chi connectivity index (χ4n) is 1.90. The summed E-state index contributed by atoms with van der Waals surface area (Å²) in [5.74, 6) is 1.26. The van der Waals surface area contributed by atoms with Crippen molar-refractivity contribution in [1.29, 1.82) is 0 Å². The molecule has 6 nitrogen and oxygen atoms in total. The van der Waals surface area contributed by atoms with Gasteiger partial charge in [-0.15, -0.1) is 0 Å². The lowest BCUT2D eigenvalue weighted by Crippen LogP contribution is -2.39. The fraction of sp³-hybridized carbons (Fsp3) is 0.600. The zero-order chi connectivity index (χ0) is 15.8. The van der Waals surface area contributed by atoms with Crippen molar-refractivity contribution < 1.29 is 9.90 Å². The van der Waals surface area contributed by atoms with Gasteiger partial charge in [-0.2, -0.15) is 0 Å².